The summed E-state index contributed by atoms with van der Waals surface area (Å²) in [4.78, 5) is 2.42. The molecule has 0 saturated heterocycles. The van der Waals surface area contributed by atoms with Gasteiger partial charge in [-0.25, -0.2) is 0 Å². The molecule has 0 unspecified atom stereocenters. The van der Waals surface area contributed by atoms with Crippen LogP contribution in [-0.2, 0) is 6.54 Å². The SMILES string of the molecule is CCC1CCC(N(C)Cc2ccc(C#N)cc2Cl)CC1. The van der Waals surface area contributed by atoms with E-state index in [0.29, 0.717) is 16.6 Å². The molecule has 0 radical (unpaired) electrons. The van der Waals surface area contributed by atoms with Gasteiger partial charge in [0.05, 0.1) is 11.6 Å². The fraction of sp³-hybridized carbons (Fsp3) is 0.588. The van der Waals surface area contributed by atoms with Crippen molar-refractivity contribution in [3.8, 4) is 6.07 Å². The number of hydrogen-bond donors (Lipinski definition) is 0. The molecule has 1 saturated carbocycles. The van der Waals surface area contributed by atoms with Gasteiger partial charge in [-0.3, -0.25) is 4.90 Å². The Morgan fingerprint density at radius 3 is 2.55 bits per heavy atom. The van der Waals surface area contributed by atoms with Crippen molar-refractivity contribution in [1.82, 2.24) is 4.90 Å². The van der Waals surface area contributed by atoms with Crippen LogP contribution in [0.1, 0.15) is 50.2 Å². The lowest BCUT2D eigenvalue weighted by Gasteiger charge is -2.34. The number of nitrogens with zero attached hydrogens (tertiary/aromatic N) is 2. The van der Waals surface area contributed by atoms with Crippen LogP contribution in [0.15, 0.2) is 18.2 Å². The number of hydrogen-bond acceptors (Lipinski definition) is 2. The molecule has 108 valence electrons. The minimum atomic E-state index is 0.629. The summed E-state index contributed by atoms with van der Waals surface area (Å²) in [6.07, 6.45) is 6.61. The zero-order valence-electron chi connectivity index (χ0n) is 12.4. The third kappa shape index (κ3) is 3.75. The van der Waals surface area contributed by atoms with Crippen LogP contribution in [0.25, 0.3) is 0 Å². The minimum Gasteiger partial charge on any atom is -0.299 e. The molecule has 2 nitrogen and oxygen atoms in total. The molecule has 0 amide bonds. The van der Waals surface area contributed by atoms with E-state index in [9.17, 15) is 0 Å². The van der Waals surface area contributed by atoms with Gasteiger partial charge in [0.25, 0.3) is 0 Å². The summed E-state index contributed by atoms with van der Waals surface area (Å²) in [7, 11) is 2.19. The van der Waals surface area contributed by atoms with E-state index in [1.54, 1.807) is 6.07 Å². The lowest BCUT2D eigenvalue weighted by molar-refractivity contribution is 0.157. The maximum absolute atomic E-state index is 8.87. The van der Waals surface area contributed by atoms with E-state index in [1.165, 1.54) is 32.1 Å². The number of halogens is 1. The first-order valence-electron chi connectivity index (χ1n) is 7.52. The molecule has 1 aliphatic rings. The molecule has 1 aliphatic carbocycles. The summed E-state index contributed by atoms with van der Waals surface area (Å²) in [5.41, 5.74) is 1.75. The van der Waals surface area contributed by atoms with Crippen LogP contribution < -0.4 is 0 Å². The zero-order chi connectivity index (χ0) is 14.5. The molecule has 0 spiro atoms. The third-order valence-corrected chi connectivity index (χ3v) is 4.97. The van der Waals surface area contributed by atoms with Gasteiger partial charge in [-0.05, 0) is 56.3 Å². The first-order valence-corrected chi connectivity index (χ1v) is 7.90. The molecular formula is C17H23ClN2. The molecule has 1 fully saturated rings. The molecule has 0 heterocycles. The monoisotopic (exact) mass is 290 g/mol. The highest BCUT2D eigenvalue weighted by atomic mass is 35.5. The summed E-state index contributed by atoms with van der Waals surface area (Å²) in [6.45, 7) is 3.16. The number of nitriles is 1. The Bertz CT molecular complexity index is 484. The van der Waals surface area contributed by atoms with E-state index in [4.69, 9.17) is 16.9 Å². The Labute approximate surface area is 127 Å². The van der Waals surface area contributed by atoms with E-state index in [1.807, 2.05) is 12.1 Å². The van der Waals surface area contributed by atoms with Crippen LogP contribution in [0.5, 0.6) is 0 Å². The molecule has 0 bridgehead atoms. The zero-order valence-corrected chi connectivity index (χ0v) is 13.2. The smallest absolute Gasteiger partial charge is 0.0992 e. The minimum absolute atomic E-state index is 0.629. The fourth-order valence-electron chi connectivity index (χ4n) is 3.14. The van der Waals surface area contributed by atoms with Crippen LogP contribution >= 0.6 is 11.6 Å². The Morgan fingerprint density at radius 1 is 1.30 bits per heavy atom. The van der Waals surface area contributed by atoms with Gasteiger partial charge < -0.3 is 0 Å². The normalized spacial score (nSPS) is 22.8. The number of benzene rings is 1. The molecule has 0 aromatic heterocycles. The van der Waals surface area contributed by atoms with Gasteiger partial charge >= 0.3 is 0 Å². The van der Waals surface area contributed by atoms with Gasteiger partial charge in [0.15, 0.2) is 0 Å². The average Bonchev–Trinajstić information content (AvgIpc) is 2.49. The van der Waals surface area contributed by atoms with Crippen molar-refractivity contribution in [3.63, 3.8) is 0 Å². The molecule has 0 atom stereocenters. The molecule has 2 rings (SSSR count). The van der Waals surface area contributed by atoms with Gasteiger partial charge in [-0.1, -0.05) is 31.0 Å². The van der Waals surface area contributed by atoms with Crippen molar-refractivity contribution in [3.05, 3.63) is 34.3 Å². The summed E-state index contributed by atoms with van der Waals surface area (Å²) in [6, 6.07) is 8.39. The highest BCUT2D eigenvalue weighted by Crippen LogP contribution is 2.30. The topological polar surface area (TPSA) is 27.0 Å². The summed E-state index contributed by atoms with van der Waals surface area (Å²) in [5.74, 6) is 0.929. The maximum atomic E-state index is 8.87. The summed E-state index contributed by atoms with van der Waals surface area (Å²) in [5, 5.41) is 9.57. The average molecular weight is 291 g/mol. The highest BCUT2D eigenvalue weighted by molar-refractivity contribution is 6.31. The van der Waals surface area contributed by atoms with Crippen molar-refractivity contribution in [2.45, 2.75) is 51.6 Å². The van der Waals surface area contributed by atoms with Crippen LogP contribution in [0.3, 0.4) is 0 Å². The third-order valence-electron chi connectivity index (χ3n) is 4.62. The molecule has 1 aromatic rings. The Hall–Kier alpha value is -1.04. The summed E-state index contributed by atoms with van der Waals surface area (Å²) >= 11 is 6.26. The van der Waals surface area contributed by atoms with E-state index >= 15 is 0 Å². The van der Waals surface area contributed by atoms with Gasteiger partial charge in [0.2, 0.25) is 0 Å². The van der Waals surface area contributed by atoms with Crippen molar-refractivity contribution in [1.29, 1.82) is 5.26 Å². The molecule has 1 aromatic carbocycles. The van der Waals surface area contributed by atoms with Gasteiger partial charge in [0.1, 0.15) is 0 Å². The molecule has 0 N–H and O–H groups in total. The van der Waals surface area contributed by atoms with Crippen molar-refractivity contribution in [2.24, 2.45) is 5.92 Å². The molecule has 20 heavy (non-hydrogen) atoms. The lowest BCUT2D eigenvalue weighted by Crippen LogP contribution is -2.34. The van der Waals surface area contributed by atoms with Crippen LogP contribution in [0.2, 0.25) is 5.02 Å². The van der Waals surface area contributed by atoms with Gasteiger partial charge in [0, 0.05) is 17.6 Å². The Morgan fingerprint density at radius 2 is 2.00 bits per heavy atom. The largest absolute Gasteiger partial charge is 0.299 e. The first-order chi connectivity index (χ1) is 9.63. The highest BCUT2D eigenvalue weighted by Gasteiger charge is 2.23. The second-order valence-corrected chi connectivity index (χ2v) is 6.32. The molecular weight excluding hydrogens is 268 g/mol. The maximum Gasteiger partial charge on any atom is 0.0992 e. The number of rotatable bonds is 4. The quantitative estimate of drug-likeness (QED) is 0.809. The van der Waals surface area contributed by atoms with E-state index in [2.05, 4.69) is 24.9 Å². The lowest BCUT2D eigenvalue weighted by atomic mass is 9.84. The molecule has 3 heteroatoms. The summed E-state index contributed by atoms with van der Waals surface area (Å²) < 4.78 is 0. The van der Waals surface area contributed by atoms with Crippen LogP contribution in [-0.4, -0.2) is 18.0 Å². The van der Waals surface area contributed by atoms with E-state index in [0.717, 1.165) is 18.0 Å². The van der Waals surface area contributed by atoms with E-state index in [-0.39, 0.29) is 0 Å². The van der Waals surface area contributed by atoms with Crippen molar-refractivity contribution >= 4 is 11.6 Å². The van der Waals surface area contributed by atoms with Gasteiger partial charge in [-0.2, -0.15) is 5.26 Å². The predicted octanol–water partition coefficient (Wildman–Crippen LogP) is 4.61. The van der Waals surface area contributed by atoms with Crippen LogP contribution in [0.4, 0.5) is 0 Å². The first kappa shape index (κ1) is 15.4. The fourth-order valence-corrected chi connectivity index (χ4v) is 3.38. The van der Waals surface area contributed by atoms with Gasteiger partial charge in [-0.15, -0.1) is 0 Å². The molecule has 0 aliphatic heterocycles. The predicted molar refractivity (Wildman–Crippen MR) is 83.7 cm³/mol. The van der Waals surface area contributed by atoms with E-state index < -0.39 is 0 Å². The van der Waals surface area contributed by atoms with Crippen molar-refractivity contribution in [2.75, 3.05) is 7.05 Å². The second kappa shape index (κ2) is 7.11. The second-order valence-electron chi connectivity index (χ2n) is 5.92. The Balaban J connectivity index is 1.95. The van der Waals surface area contributed by atoms with Crippen molar-refractivity contribution < 1.29 is 0 Å². The van der Waals surface area contributed by atoms with Crippen LogP contribution in [0, 0.1) is 17.2 Å². The Kier molecular flexibility index (Phi) is 5.46. The standard InChI is InChI=1S/C17H23ClN2/c1-3-13-5-8-16(9-6-13)20(2)12-15-7-4-14(11-19)10-17(15)18/h4,7,10,13,16H,3,5-6,8-9,12H2,1-2H3.